The summed E-state index contributed by atoms with van der Waals surface area (Å²) in [6.07, 6.45) is 2.81. The summed E-state index contributed by atoms with van der Waals surface area (Å²) in [6, 6.07) is 2.08. The van der Waals surface area contributed by atoms with E-state index in [0.717, 1.165) is 22.3 Å². The molecule has 0 aliphatic heterocycles. The molecule has 0 radical (unpaired) electrons. The van der Waals surface area contributed by atoms with Gasteiger partial charge in [0.05, 0.1) is 12.1 Å². The molecule has 2 rings (SSSR count). The number of nitrogens with zero attached hydrogens (tertiary/aromatic N) is 2. The third-order valence-corrected chi connectivity index (χ3v) is 3.67. The number of methoxy groups -OCH3 is 1. The molecule has 0 bridgehead atoms. The second-order valence-corrected chi connectivity index (χ2v) is 4.87. The third kappa shape index (κ3) is 2.68. The van der Waals surface area contributed by atoms with Crippen LogP contribution in [0.25, 0.3) is 10.2 Å². The van der Waals surface area contributed by atoms with Crippen molar-refractivity contribution in [2.24, 2.45) is 0 Å². The van der Waals surface area contributed by atoms with Crippen LogP contribution in [-0.2, 0) is 22.4 Å². The predicted octanol–water partition coefficient (Wildman–Crippen LogP) is 2.01. The molecular formula is C12H14N2O2S. The van der Waals surface area contributed by atoms with E-state index in [9.17, 15) is 4.79 Å². The Bertz CT molecular complexity index is 536. The highest BCUT2D eigenvalue weighted by Gasteiger charge is 2.11. The minimum Gasteiger partial charge on any atom is -0.377 e. The van der Waals surface area contributed by atoms with Crippen molar-refractivity contribution in [1.82, 2.24) is 9.97 Å². The lowest BCUT2D eigenvalue weighted by Crippen LogP contribution is -2.11. The molecule has 0 saturated carbocycles. The van der Waals surface area contributed by atoms with Gasteiger partial charge in [0.2, 0.25) is 0 Å². The summed E-state index contributed by atoms with van der Waals surface area (Å²) < 4.78 is 4.82. The Morgan fingerprint density at radius 1 is 1.47 bits per heavy atom. The molecule has 0 unspecified atom stereocenters. The summed E-state index contributed by atoms with van der Waals surface area (Å²) in [4.78, 5) is 22.2. The second-order valence-electron chi connectivity index (χ2n) is 3.75. The summed E-state index contributed by atoms with van der Waals surface area (Å²) in [7, 11) is 1.52. The summed E-state index contributed by atoms with van der Waals surface area (Å²) in [5, 5.41) is 0.999. The number of aromatic nitrogens is 2. The van der Waals surface area contributed by atoms with Gasteiger partial charge in [-0.15, -0.1) is 11.3 Å². The van der Waals surface area contributed by atoms with Crippen LogP contribution in [0.15, 0.2) is 12.4 Å². The predicted molar refractivity (Wildman–Crippen MR) is 67.4 cm³/mol. The van der Waals surface area contributed by atoms with Crippen LogP contribution >= 0.6 is 11.3 Å². The van der Waals surface area contributed by atoms with Crippen LogP contribution in [0, 0.1) is 0 Å². The molecule has 2 heterocycles. The molecular weight excluding hydrogens is 236 g/mol. The highest BCUT2D eigenvalue weighted by Crippen LogP contribution is 2.25. The fourth-order valence-electron chi connectivity index (χ4n) is 1.67. The summed E-state index contributed by atoms with van der Waals surface area (Å²) in [5.74, 6) is 0.0387. The molecule has 17 heavy (non-hydrogen) atoms. The highest BCUT2D eigenvalue weighted by molar-refractivity contribution is 7.18. The van der Waals surface area contributed by atoms with E-state index >= 15 is 0 Å². The zero-order valence-corrected chi connectivity index (χ0v) is 10.7. The van der Waals surface area contributed by atoms with E-state index in [0.29, 0.717) is 6.42 Å². The Balaban J connectivity index is 2.33. The normalized spacial score (nSPS) is 10.9. The van der Waals surface area contributed by atoms with Crippen molar-refractivity contribution < 1.29 is 9.53 Å². The van der Waals surface area contributed by atoms with E-state index in [2.05, 4.69) is 23.0 Å². The van der Waals surface area contributed by atoms with Crippen molar-refractivity contribution in [2.75, 3.05) is 13.7 Å². The number of hydrogen-bond acceptors (Lipinski definition) is 5. The minimum absolute atomic E-state index is 0.0387. The van der Waals surface area contributed by atoms with E-state index in [1.54, 1.807) is 11.3 Å². The lowest BCUT2D eigenvalue weighted by Gasteiger charge is -2.00. The fraction of sp³-hybridized carbons (Fsp3) is 0.417. The first kappa shape index (κ1) is 12.1. The molecule has 0 spiro atoms. The first-order valence-electron chi connectivity index (χ1n) is 5.47. The average Bonchev–Trinajstić information content (AvgIpc) is 2.73. The van der Waals surface area contributed by atoms with Gasteiger partial charge in [-0.25, -0.2) is 9.97 Å². The number of thiophene rings is 1. The molecule has 90 valence electrons. The number of carbonyl (C=O) groups excluding carboxylic acids is 1. The van der Waals surface area contributed by atoms with Gasteiger partial charge in [0.15, 0.2) is 5.78 Å². The van der Waals surface area contributed by atoms with Gasteiger partial charge in [0, 0.05) is 17.4 Å². The van der Waals surface area contributed by atoms with Crippen molar-refractivity contribution in [3.05, 3.63) is 23.0 Å². The maximum Gasteiger partial charge on any atom is 0.164 e. The maximum atomic E-state index is 11.6. The monoisotopic (exact) mass is 250 g/mol. The number of aryl methyl sites for hydroxylation is 1. The lowest BCUT2D eigenvalue weighted by atomic mass is 10.1. The van der Waals surface area contributed by atoms with E-state index in [1.165, 1.54) is 18.3 Å². The third-order valence-electron chi connectivity index (χ3n) is 2.48. The van der Waals surface area contributed by atoms with Gasteiger partial charge in [-0.05, 0) is 12.5 Å². The van der Waals surface area contributed by atoms with Crippen molar-refractivity contribution >= 4 is 27.3 Å². The highest BCUT2D eigenvalue weighted by atomic mass is 32.1. The topological polar surface area (TPSA) is 52.1 Å². The van der Waals surface area contributed by atoms with Gasteiger partial charge in [-0.2, -0.15) is 0 Å². The van der Waals surface area contributed by atoms with Crippen molar-refractivity contribution in [3.8, 4) is 0 Å². The smallest absolute Gasteiger partial charge is 0.164 e. The Morgan fingerprint density at radius 3 is 3.00 bits per heavy atom. The van der Waals surface area contributed by atoms with Crippen molar-refractivity contribution in [2.45, 2.75) is 19.8 Å². The number of hydrogen-bond donors (Lipinski definition) is 0. The Labute approximate surface area is 104 Å². The molecule has 0 amide bonds. The van der Waals surface area contributed by atoms with Gasteiger partial charge in [0.25, 0.3) is 0 Å². The van der Waals surface area contributed by atoms with Crippen LogP contribution < -0.4 is 0 Å². The number of ether oxygens (including phenoxy) is 1. The molecule has 5 heteroatoms. The molecule has 2 aromatic rings. The molecule has 0 fully saturated rings. The van der Waals surface area contributed by atoms with Gasteiger partial charge in [-0.1, -0.05) is 6.92 Å². The van der Waals surface area contributed by atoms with Gasteiger partial charge in [-0.3, -0.25) is 4.79 Å². The number of fused-ring (bicyclic) bond motifs is 1. The maximum absolute atomic E-state index is 11.6. The van der Waals surface area contributed by atoms with Crippen molar-refractivity contribution in [3.63, 3.8) is 0 Å². The van der Waals surface area contributed by atoms with Crippen molar-refractivity contribution in [1.29, 1.82) is 0 Å². The molecule has 0 aromatic carbocycles. The first-order valence-corrected chi connectivity index (χ1v) is 6.29. The zero-order chi connectivity index (χ0) is 12.3. The lowest BCUT2D eigenvalue weighted by molar-refractivity contribution is -0.122. The number of carbonyl (C=O) groups is 1. The largest absolute Gasteiger partial charge is 0.377 e. The van der Waals surface area contributed by atoms with Gasteiger partial charge >= 0.3 is 0 Å². The summed E-state index contributed by atoms with van der Waals surface area (Å²) >= 11 is 1.66. The van der Waals surface area contributed by atoms with Crippen LogP contribution in [0.2, 0.25) is 0 Å². The number of ketones is 1. The van der Waals surface area contributed by atoms with Crippen LogP contribution in [0.5, 0.6) is 0 Å². The number of rotatable bonds is 5. The van der Waals surface area contributed by atoms with E-state index in [1.807, 2.05) is 0 Å². The average molecular weight is 250 g/mol. The van der Waals surface area contributed by atoms with Gasteiger partial charge in [0.1, 0.15) is 17.8 Å². The Morgan fingerprint density at radius 2 is 2.29 bits per heavy atom. The van der Waals surface area contributed by atoms with Crippen LogP contribution in [-0.4, -0.2) is 29.5 Å². The second kappa shape index (κ2) is 5.33. The molecule has 0 aliphatic rings. The first-order chi connectivity index (χ1) is 8.24. The quantitative estimate of drug-likeness (QED) is 0.814. The minimum atomic E-state index is 0.0387. The molecule has 0 atom stereocenters. The van der Waals surface area contributed by atoms with Crippen LogP contribution in [0.1, 0.15) is 17.5 Å². The van der Waals surface area contributed by atoms with Gasteiger partial charge < -0.3 is 4.74 Å². The molecule has 2 aromatic heterocycles. The summed E-state index contributed by atoms with van der Waals surface area (Å²) in [5.41, 5.74) is 0.799. The molecule has 0 N–H and O–H groups in total. The standard InChI is InChI=1S/C12H14N2O2S/c1-3-9-5-10-11(4-8(15)6-16-2)13-7-14-12(10)17-9/h5,7H,3-4,6H2,1-2H3. The Kier molecular flexibility index (Phi) is 3.81. The molecule has 0 saturated heterocycles. The van der Waals surface area contributed by atoms with E-state index in [-0.39, 0.29) is 12.4 Å². The van der Waals surface area contributed by atoms with Crippen LogP contribution in [0.3, 0.4) is 0 Å². The number of Topliss-reactive ketones (excluding diaryl/α,β-unsaturated/α-hetero) is 1. The molecule has 4 nitrogen and oxygen atoms in total. The Hall–Kier alpha value is -1.33. The van der Waals surface area contributed by atoms with E-state index in [4.69, 9.17) is 4.74 Å². The molecule has 0 aliphatic carbocycles. The summed E-state index contributed by atoms with van der Waals surface area (Å²) in [6.45, 7) is 2.24. The fourth-order valence-corrected chi connectivity index (χ4v) is 2.62. The SMILES string of the molecule is CCc1cc2c(CC(=O)COC)ncnc2s1. The van der Waals surface area contributed by atoms with E-state index < -0.39 is 0 Å². The van der Waals surface area contributed by atoms with Crippen LogP contribution in [0.4, 0.5) is 0 Å². The zero-order valence-electron chi connectivity index (χ0n) is 9.90.